The zero-order valence-corrected chi connectivity index (χ0v) is 10.0. The molecule has 0 spiro atoms. The molecule has 0 atom stereocenters. The van der Waals surface area contributed by atoms with Gasteiger partial charge in [0.1, 0.15) is 0 Å². The molecular weight excluding hydrogens is 207 g/mol. The molecule has 0 aliphatic heterocycles. The molecule has 0 saturated heterocycles. The maximum atomic E-state index is 11.7. The van der Waals surface area contributed by atoms with E-state index in [4.69, 9.17) is 0 Å². The number of benzene rings is 1. The van der Waals surface area contributed by atoms with Crippen molar-refractivity contribution in [2.45, 2.75) is 13.8 Å². The third-order valence-corrected chi connectivity index (χ3v) is 1.70. The van der Waals surface area contributed by atoms with Gasteiger partial charge in [-0.2, -0.15) is 0 Å². The molecule has 0 fully saturated rings. The second kappa shape index (κ2) is 10.1. The van der Waals surface area contributed by atoms with Crippen molar-refractivity contribution in [1.29, 1.82) is 0 Å². The van der Waals surface area contributed by atoms with Gasteiger partial charge in [-0.3, -0.25) is 9.93 Å². The van der Waals surface area contributed by atoms with Gasteiger partial charge in [0.2, 0.25) is 0 Å². The molecule has 0 aromatic heterocycles. The average molecular weight is 226 g/mol. The summed E-state index contributed by atoms with van der Waals surface area (Å²) in [5.41, 5.74) is 0.932. The van der Waals surface area contributed by atoms with Gasteiger partial charge >= 0.3 is 0 Å². The zero-order valence-electron chi connectivity index (χ0n) is 10.0. The van der Waals surface area contributed by atoms with Gasteiger partial charge in [0.15, 0.2) is 5.75 Å². The molecule has 0 unspecified atom stereocenters. The minimum absolute atomic E-state index is 0.206. The summed E-state index contributed by atoms with van der Waals surface area (Å²) in [5.74, 6) is 0.206. The van der Waals surface area contributed by atoms with Crippen molar-refractivity contribution in [2.75, 3.05) is 20.1 Å². The fraction of sp³-hybridized carbons (Fsp3) is 0.417. The Morgan fingerprint density at radius 3 is 2.44 bits per heavy atom. The largest absolute Gasteiger partial charge is 0.318 e. The normalized spacial score (nSPS) is 9.75. The monoisotopic (exact) mass is 226 g/mol. The van der Waals surface area contributed by atoms with Crippen molar-refractivity contribution < 1.29 is 9.47 Å². The Labute approximate surface area is 96.3 Å². The van der Waals surface area contributed by atoms with E-state index in [9.17, 15) is 4.53 Å². The molecular formula is C12H19FN2O. The Kier molecular flexibility index (Phi) is 9.21. The molecule has 0 bridgehead atoms. The molecule has 0 amide bonds. The van der Waals surface area contributed by atoms with E-state index in [0.29, 0.717) is 0 Å². The highest BCUT2D eigenvalue weighted by Gasteiger charge is 1.92. The SMILES string of the molecule is CC.CNCCN=Cc1ccc(OF)cc1. The van der Waals surface area contributed by atoms with E-state index in [-0.39, 0.29) is 5.75 Å². The highest BCUT2D eigenvalue weighted by Crippen LogP contribution is 2.10. The molecule has 1 aromatic carbocycles. The summed E-state index contributed by atoms with van der Waals surface area (Å²) in [4.78, 5) is 7.72. The van der Waals surface area contributed by atoms with Crippen molar-refractivity contribution in [1.82, 2.24) is 5.32 Å². The highest BCUT2D eigenvalue weighted by molar-refractivity contribution is 5.79. The van der Waals surface area contributed by atoms with Crippen molar-refractivity contribution in [3.63, 3.8) is 0 Å². The second-order valence-corrected chi connectivity index (χ2v) is 2.79. The van der Waals surface area contributed by atoms with Crippen LogP contribution in [0.5, 0.6) is 5.75 Å². The molecule has 0 saturated carbocycles. The van der Waals surface area contributed by atoms with Crippen molar-refractivity contribution in [2.24, 2.45) is 4.99 Å². The van der Waals surface area contributed by atoms with E-state index in [1.165, 1.54) is 0 Å². The lowest BCUT2D eigenvalue weighted by molar-refractivity contribution is -0.00620. The predicted octanol–water partition coefficient (Wildman–Crippen LogP) is 2.61. The highest BCUT2D eigenvalue weighted by atomic mass is 19.3. The third-order valence-electron chi connectivity index (χ3n) is 1.70. The van der Waals surface area contributed by atoms with Crippen LogP contribution in [0, 0.1) is 0 Å². The van der Waals surface area contributed by atoms with Gasteiger partial charge in [-0.15, -0.1) is 0 Å². The van der Waals surface area contributed by atoms with Crippen molar-refractivity contribution in [3.8, 4) is 5.75 Å². The number of halogens is 1. The summed E-state index contributed by atoms with van der Waals surface area (Å²) < 4.78 is 11.7. The van der Waals surface area contributed by atoms with Gasteiger partial charge in [-0.25, -0.2) is 0 Å². The number of hydrogen-bond acceptors (Lipinski definition) is 3. The molecule has 1 aromatic rings. The lowest BCUT2D eigenvalue weighted by Crippen LogP contribution is -2.10. The summed E-state index contributed by atoms with van der Waals surface area (Å²) in [6.45, 7) is 5.58. The Morgan fingerprint density at radius 2 is 1.94 bits per heavy atom. The van der Waals surface area contributed by atoms with Gasteiger partial charge < -0.3 is 5.32 Å². The molecule has 1 rings (SSSR count). The molecule has 3 nitrogen and oxygen atoms in total. The first-order valence-corrected chi connectivity index (χ1v) is 5.40. The minimum atomic E-state index is 0.206. The number of rotatable bonds is 5. The Bertz CT molecular complexity index is 286. The summed E-state index contributed by atoms with van der Waals surface area (Å²) in [6.07, 6.45) is 1.75. The van der Waals surface area contributed by atoms with E-state index in [2.05, 4.69) is 15.3 Å². The fourth-order valence-electron chi connectivity index (χ4n) is 0.952. The quantitative estimate of drug-likeness (QED) is 0.618. The van der Waals surface area contributed by atoms with E-state index < -0.39 is 0 Å². The summed E-state index contributed by atoms with van der Waals surface area (Å²) in [7, 11) is 1.88. The number of nitrogens with zero attached hydrogens (tertiary/aromatic N) is 1. The van der Waals surface area contributed by atoms with Crippen LogP contribution in [0.25, 0.3) is 0 Å². The molecule has 0 heterocycles. The number of nitrogens with one attached hydrogen (secondary N) is 1. The lowest BCUT2D eigenvalue weighted by Gasteiger charge is -1.95. The molecule has 0 radical (unpaired) electrons. The molecule has 4 heteroatoms. The van der Waals surface area contributed by atoms with Crippen molar-refractivity contribution >= 4 is 6.21 Å². The number of hydrogen-bond donors (Lipinski definition) is 1. The van der Waals surface area contributed by atoms with E-state index >= 15 is 0 Å². The maximum Gasteiger partial charge on any atom is 0.171 e. The van der Waals surface area contributed by atoms with Crippen LogP contribution in [-0.2, 0) is 0 Å². The Balaban J connectivity index is 0.00000106. The predicted molar refractivity (Wildman–Crippen MR) is 65.9 cm³/mol. The van der Waals surface area contributed by atoms with Crippen LogP contribution in [-0.4, -0.2) is 26.4 Å². The average Bonchev–Trinajstić information content (AvgIpc) is 2.38. The van der Waals surface area contributed by atoms with Gasteiger partial charge in [-0.1, -0.05) is 13.8 Å². The third kappa shape index (κ3) is 6.14. The molecule has 1 N–H and O–H groups in total. The first kappa shape index (κ1) is 14.6. The summed E-state index contributed by atoms with van der Waals surface area (Å²) in [5, 5.41) is 2.99. The molecule has 90 valence electrons. The zero-order chi connectivity index (χ0) is 12.2. The van der Waals surface area contributed by atoms with Crippen LogP contribution < -0.4 is 10.3 Å². The molecule has 0 aliphatic rings. The Morgan fingerprint density at radius 1 is 1.31 bits per heavy atom. The fourth-order valence-corrected chi connectivity index (χ4v) is 0.952. The lowest BCUT2D eigenvalue weighted by atomic mass is 10.2. The van der Waals surface area contributed by atoms with Crippen LogP contribution in [0.1, 0.15) is 19.4 Å². The van der Waals surface area contributed by atoms with Gasteiger partial charge in [0.25, 0.3) is 0 Å². The van der Waals surface area contributed by atoms with Gasteiger partial charge in [0.05, 0.1) is 6.54 Å². The standard InChI is InChI=1S/C10H13FN2O.C2H6/c1-12-6-7-13-8-9-2-4-10(14-11)5-3-9;1-2/h2-5,8,12H,6-7H2,1H3;1-2H3. The summed E-state index contributed by atoms with van der Waals surface area (Å²) >= 11 is 0. The molecule has 0 aliphatic carbocycles. The van der Waals surface area contributed by atoms with Crippen LogP contribution in [0.15, 0.2) is 29.3 Å². The second-order valence-electron chi connectivity index (χ2n) is 2.79. The van der Waals surface area contributed by atoms with E-state index in [0.717, 1.165) is 18.7 Å². The minimum Gasteiger partial charge on any atom is -0.318 e. The Hall–Kier alpha value is -1.42. The first-order chi connectivity index (χ1) is 7.86. The summed E-state index contributed by atoms with van der Waals surface area (Å²) in [6, 6.07) is 6.61. The van der Waals surface area contributed by atoms with Crippen LogP contribution in [0.2, 0.25) is 0 Å². The smallest absolute Gasteiger partial charge is 0.171 e. The topological polar surface area (TPSA) is 33.6 Å². The van der Waals surface area contributed by atoms with Crippen LogP contribution in [0.3, 0.4) is 0 Å². The number of aliphatic imine (C=N–C) groups is 1. The van der Waals surface area contributed by atoms with E-state index in [1.807, 2.05) is 20.9 Å². The first-order valence-electron chi connectivity index (χ1n) is 5.40. The number of likely N-dealkylation sites (N-methyl/N-ethyl adjacent to an activating group) is 1. The van der Waals surface area contributed by atoms with E-state index in [1.54, 1.807) is 30.5 Å². The van der Waals surface area contributed by atoms with Crippen LogP contribution in [0.4, 0.5) is 4.53 Å². The van der Waals surface area contributed by atoms with Crippen LogP contribution >= 0.6 is 0 Å². The molecule has 16 heavy (non-hydrogen) atoms. The maximum absolute atomic E-state index is 11.7. The van der Waals surface area contributed by atoms with Crippen molar-refractivity contribution in [3.05, 3.63) is 29.8 Å². The van der Waals surface area contributed by atoms with Gasteiger partial charge in [0, 0.05) is 17.3 Å². The van der Waals surface area contributed by atoms with Gasteiger partial charge in [-0.05, 0) is 36.9 Å².